The van der Waals surface area contributed by atoms with Crippen LogP contribution in [0.3, 0.4) is 0 Å². The van der Waals surface area contributed by atoms with Crippen LogP contribution >= 0.6 is 0 Å². The first-order chi connectivity index (χ1) is 8.33. The van der Waals surface area contributed by atoms with E-state index >= 15 is 0 Å². The van der Waals surface area contributed by atoms with Crippen LogP contribution in [0.4, 0.5) is 13.2 Å². The van der Waals surface area contributed by atoms with E-state index in [0.29, 0.717) is 12.8 Å². The van der Waals surface area contributed by atoms with Gasteiger partial charge in [0.25, 0.3) is 0 Å². The van der Waals surface area contributed by atoms with Gasteiger partial charge in [-0.15, -0.1) is 0 Å². The van der Waals surface area contributed by atoms with Gasteiger partial charge in [0, 0.05) is 5.56 Å². The van der Waals surface area contributed by atoms with Gasteiger partial charge in [0.15, 0.2) is 0 Å². The number of phenolic OH excluding ortho intramolecular Hbond substituents is 1. The number of aromatic hydroxyl groups is 1. The maximum absolute atomic E-state index is 12.6. The Morgan fingerprint density at radius 2 is 1.67 bits per heavy atom. The van der Waals surface area contributed by atoms with Crippen molar-refractivity contribution in [1.82, 2.24) is 0 Å². The monoisotopic (exact) mass is 260 g/mol. The van der Waals surface area contributed by atoms with Gasteiger partial charge in [-0.3, -0.25) is 0 Å². The summed E-state index contributed by atoms with van der Waals surface area (Å²) < 4.78 is 37.9. The Morgan fingerprint density at radius 1 is 1.06 bits per heavy atom. The first kappa shape index (κ1) is 13.2. The van der Waals surface area contributed by atoms with Crippen molar-refractivity contribution in [3.8, 4) is 5.75 Å². The third-order valence-electron chi connectivity index (χ3n) is 3.51. The molecule has 0 saturated heterocycles. The van der Waals surface area contributed by atoms with Gasteiger partial charge < -0.3 is 10.2 Å². The zero-order valence-corrected chi connectivity index (χ0v) is 9.80. The van der Waals surface area contributed by atoms with Crippen LogP contribution < -0.4 is 0 Å². The second-order valence-corrected chi connectivity index (χ2v) is 4.82. The van der Waals surface area contributed by atoms with E-state index in [9.17, 15) is 23.4 Å². The van der Waals surface area contributed by atoms with E-state index in [1.54, 1.807) is 0 Å². The molecule has 2 rings (SSSR count). The van der Waals surface area contributed by atoms with E-state index < -0.39 is 17.3 Å². The maximum Gasteiger partial charge on any atom is 0.416 e. The van der Waals surface area contributed by atoms with Crippen LogP contribution in [0, 0.1) is 0 Å². The fourth-order valence-electron chi connectivity index (χ4n) is 2.49. The molecule has 0 atom stereocenters. The maximum atomic E-state index is 12.6. The smallest absolute Gasteiger partial charge is 0.416 e. The van der Waals surface area contributed by atoms with Crippen LogP contribution in [0.15, 0.2) is 18.2 Å². The molecule has 1 saturated carbocycles. The van der Waals surface area contributed by atoms with Gasteiger partial charge in [0.1, 0.15) is 5.75 Å². The molecule has 0 aromatic heterocycles. The number of alkyl halides is 3. The zero-order valence-electron chi connectivity index (χ0n) is 9.80. The topological polar surface area (TPSA) is 40.5 Å². The lowest BCUT2D eigenvalue weighted by atomic mass is 9.79. The lowest BCUT2D eigenvalue weighted by Gasteiger charge is -2.33. The molecule has 0 amide bonds. The average molecular weight is 260 g/mol. The Balaban J connectivity index is 2.43. The molecule has 0 unspecified atom stereocenters. The summed E-state index contributed by atoms with van der Waals surface area (Å²) in [5, 5.41) is 20.1. The van der Waals surface area contributed by atoms with Crippen molar-refractivity contribution in [2.24, 2.45) is 0 Å². The summed E-state index contributed by atoms with van der Waals surface area (Å²) in [7, 11) is 0. The SMILES string of the molecule is Oc1ccc(C(F)(F)F)cc1C1(O)CCCCC1. The summed E-state index contributed by atoms with van der Waals surface area (Å²) in [5.74, 6) is -0.271. The number of rotatable bonds is 1. The minimum absolute atomic E-state index is 0.00275. The van der Waals surface area contributed by atoms with Gasteiger partial charge >= 0.3 is 6.18 Å². The van der Waals surface area contributed by atoms with Crippen molar-refractivity contribution < 1.29 is 23.4 Å². The quantitative estimate of drug-likeness (QED) is 0.810. The molecule has 0 spiro atoms. The Morgan fingerprint density at radius 3 is 2.22 bits per heavy atom. The van der Waals surface area contributed by atoms with E-state index in [-0.39, 0.29) is 11.3 Å². The average Bonchev–Trinajstić information content (AvgIpc) is 2.28. The van der Waals surface area contributed by atoms with Crippen molar-refractivity contribution in [3.05, 3.63) is 29.3 Å². The van der Waals surface area contributed by atoms with Gasteiger partial charge in [0.2, 0.25) is 0 Å². The fourth-order valence-corrected chi connectivity index (χ4v) is 2.49. The molecule has 0 heterocycles. The number of aliphatic hydroxyl groups is 1. The molecule has 2 nitrogen and oxygen atoms in total. The summed E-state index contributed by atoms with van der Waals surface area (Å²) >= 11 is 0. The Bertz CT molecular complexity index is 434. The van der Waals surface area contributed by atoms with Crippen molar-refractivity contribution >= 4 is 0 Å². The van der Waals surface area contributed by atoms with E-state index in [1.165, 1.54) is 0 Å². The van der Waals surface area contributed by atoms with Crippen molar-refractivity contribution in [2.45, 2.75) is 43.9 Å². The minimum Gasteiger partial charge on any atom is -0.508 e. The lowest BCUT2D eigenvalue weighted by molar-refractivity contribution is -0.137. The molecule has 1 aromatic carbocycles. The predicted octanol–water partition coefficient (Wildman–Crippen LogP) is 3.56. The molecule has 0 radical (unpaired) electrons. The second-order valence-electron chi connectivity index (χ2n) is 4.82. The van der Waals surface area contributed by atoms with E-state index in [1.807, 2.05) is 0 Å². The lowest BCUT2D eigenvalue weighted by Crippen LogP contribution is -2.29. The zero-order chi connectivity index (χ0) is 13.4. The molecule has 18 heavy (non-hydrogen) atoms. The molecular weight excluding hydrogens is 245 g/mol. The number of hydrogen-bond donors (Lipinski definition) is 2. The predicted molar refractivity (Wildman–Crippen MR) is 60.1 cm³/mol. The number of phenols is 1. The molecule has 100 valence electrons. The fraction of sp³-hybridized carbons (Fsp3) is 0.538. The molecule has 2 N–H and O–H groups in total. The standard InChI is InChI=1S/C13H15F3O2/c14-13(15,16)9-4-5-11(17)10(8-9)12(18)6-2-1-3-7-12/h4-5,8,17-18H,1-3,6-7H2. The van der Waals surface area contributed by atoms with Gasteiger partial charge in [-0.25, -0.2) is 0 Å². The third kappa shape index (κ3) is 2.46. The second kappa shape index (κ2) is 4.46. The Kier molecular flexibility index (Phi) is 3.27. The Hall–Kier alpha value is -1.23. The largest absolute Gasteiger partial charge is 0.508 e. The van der Waals surface area contributed by atoms with Gasteiger partial charge in [-0.1, -0.05) is 19.3 Å². The van der Waals surface area contributed by atoms with E-state index in [4.69, 9.17) is 0 Å². The molecule has 0 aliphatic heterocycles. The van der Waals surface area contributed by atoms with Crippen LogP contribution in [-0.2, 0) is 11.8 Å². The minimum atomic E-state index is -4.46. The first-order valence-corrected chi connectivity index (χ1v) is 5.96. The van der Waals surface area contributed by atoms with E-state index in [2.05, 4.69) is 0 Å². The van der Waals surface area contributed by atoms with Gasteiger partial charge in [0.05, 0.1) is 11.2 Å². The highest BCUT2D eigenvalue weighted by atomic mass is 19.4. The number of halogens is 3. The summed E-state index contributed by atoms with van der Waals surface area (Å²) in [6.45, 7) is 0. The highest BCUT2D eigenvalue weighted by molar-refractivity contribution is 5.41. The van der Waals surface area contributed by atoms with Crippen molar-refractivity contribution in [3.63, 3.8) is 0 Å². The van der Waals surface area contributed by atoms with Crippen LogP contribution in [0.25, 0.3) is 0 Å². The number of benzene rings is 1. The number of hydrogen-bond acceptors (Lipinski definition) is 2. The Labute approximate surface area is 103 Å². The highest BCUT2D eigenvalue weighted by Crippen LogP contribution is 2.43. The third-order valence-corrected chi connectivity index (χ3v) is 3.51. The van der Waals surface area contributed by atoms with Gasteiger partial charge in [-0.05, 0) is 31.0 Å². The molecule has 1 aliphatic rings. The first-order valence-electron chi connectivity index (χ1n) is 5.96. The molecule has 1 aliphatic carbocycles. The summed E-state index contributed by atoms with van der Waals surface area (Å²) in [6, 6.07) is 2.69. The molecular formula is C13H15F3O2. The summed E-state index contributed by atoms with van der Waals surface area (Å²) in [5.41, 5.74) is -2.17. The molecule has 5 heteroatoms. The highest BCUT2D eigenvalue weighted by Gasteiger charge is 2.37. The molecule has 1 aromatic rings. The normalized spacial score (nSPS) is 19.8. The van der Waals surface area contributed by atoms with Crippen molar-refractivity contribution in [1.29, 1.82) is 0 Å². The van der Waals surface area contributed by atoms with Crippen LogP contribution in [0.2, 0.25) is 0 Å². The van der Waals surface area contributed by atoms with Gasteiger partial charge in [-0.2, -0.15) is 13.2 Å². The van der Waals surface area contributed by atoms with Crippen molar-refractivity contribution in [2.75, 3.05) is 0 Å². The van der Waals surface area contributed by atoms with Crippen LogP contribution in [0.5, 0.6) is 5.75 Å². The van der Waals surface area contributed by atoms with Crippen LogP contribution in [0.1, 0.15) is 43.2 Å². The molecule has 0 bridgehead atoms. The summed E-state index contributed by atoms with van der Waals surface area (Å²) in [6.07, 6.45) is -1.21. The molecule has 1 fully saturated rings. The summed E-state index contributed by atoms with van der Waals surface area (Å²) in [4.78, 5) is 0. The van der Waals surface area contributed by atoms with Crippen LogP contribution in [-0.4, -0.2) is 10.2 Å². The van der Waals surface area contributed by atoms with E-state index in [0.717, 1.165) is 37.5 Å².